The minimum absolute atomic E-state index is 0.0870. The number of carbonyl (C=O) groups is 1. The molecule has 2 heterocycles. The van der Waals surface area contributed by atoms with E-state index < -0.39 is 0 Å². The maximum Gasteiger partial charge on any atom is 0.234 e. The number of hydrogen-bond donors (Lipinski definition) is 1. The maximum absolute atomic E-state index is 12.3. The van der Waals surface area contributed by atoms with Crippen LogP contribution in [0.2, 0.25) is 0 Å². The number of anilines is 1. The van der Waals surface area contributed by atoms with Crippen LogP contribution < -0.4 is 5.32 Å². The van der Waals surface area contributed by atoms with Crippen LogP contribution in [0.5, 0.6) is 0 Å². The number of fused-ring (bicyclic) bond motifs is 3. The summed E-state index contributed by atoms with van der Waals surface area (Å²) < 4.78 is 0. The molecule has 2 aromatic heterocycles. The zero-order valence-corrected chi connectivity index (χ0v) is 15.8. The van der Waals surface area contributed by atoms with Crippen LogP contribution in [0.25, 0.3) is 10.2 Å². The molecule has 0 atom stereocenters. The summed E-state index contributed by atoms with van der Waals surface area (Å²) in [4.78, 5) is 23.9. The summed E-state index contributed by atoms with van der Waals surface area (Å²) in [5, 5.41) is 13.7. The Labute approximate surface area is 159 Å². The van der Waals surface area contributed by atoms with Gasteiger partial charge in [0.2, 0.25) is 5.91 Å². The van der Waals surface area contributed by atoms with Crippen LogP contribution in [0.4, 0.5) is 5.69 Å². The quantitative estimate of drug-likeness (QED) is 0.545. The molecule has 0 radical (unpaired) electrons. The van der Waals surface area contributed by atoms with Crippen molar-refractivity contribution in [1.82, 2.24) is 9.97 Å². The van der Waals surface area contributed by atoms with E-state index in [1.165, 1.54) is 28.6 Å². The topological polar surface area (TPSA) is 78.7 Å². The number of nitrogens with one attached hydrogen (secondary N) is 1. The fraction of sp³-hybridized carbons (Fsp3) is 0.263. The summed E-state index contributed by atoms with van der Waals surface area (Å²) in [6.07, 6.45) is 3.39. The van der Waals surface area contributed by atoms with E-state index in [9.17, 15) is 4.79 Å². The molecule has 0 bridgehead atoms. The molecule has 130 valence electrons. The lowest BCUT2D eigenvalue weighted by Gasteiger charge is -2.07. The largest absolute Gasteiger partial charge is 0.325 e. The molecular formula is C19H16N4OS2. The van der Waals surface area contributed by atoms with E-state index in [4.69, 9.17) is 5.26 Å². The van der Waals surface area contributed by atoms with Gasteiger partial charge in [0.15, 0.2) is 0 Å². The van der Waals surface area contributed by atoms with Gasteiger partial charge in [0.05, 0.1) is 17.4 Å². The Hall–Kier alpha value is -2.43. The highest BCUT2D eigenvalue weighted by Gasteiger charge is 2.22. The van der Waals surface area contributed by atoms with E-state index in [1.54, 1.807) is 35.6 Å². The lowest BCUT2D eigenvalue weighted by Crippen LogP contribution is -2.14. The molecule has 1 aliphatic carbocycles. The van der Waals surface area contributed by atoms with Gasteiger partial charge in [-0.1, -0.05) is 11.8 Å². The van der Waals surface area contributed by atoms with Gasteiger partial charge < -0.3 is 5.32 Å². The molecule has 0 spiro atoms. The normalized spacial score (nSPS) is 12.8. The first-order valence-corrected chi connectivity index (χ1v) is 10.2. The Balaban J connectivity index is 1.50. The SMILES string of the molecule is Cc1nc(SCC(=O)Nc2ccc(C#N)cc2)c2c3c(sc2n1)CCC3. The number of nitriles is 1. The molecule has 0 saturated heterocycles. The summed E-state index contributed by atoms with van der Waals surface area (Å²) >= 11 is 3.22. The van der Waals surface area contributed by atoms with Crippen molar-refractivity contribution in [2.24, 2.45) is 0 Å². The highest BCUT2D eigenvalue weighted by atomic mass is 32.2. The van der Waals surface area contributed by atoms with Crippen molar-refractivity contribution in [1.29, 1.82) is 5.26 Å². The summed E-state index contributed by atoms with van der Waals surface area (Å²) in [7, 11) is 0. The molecule has 0 fully saturated rings. The second-order valence-electron chi connectivity index (χ2n) is 6.14. The fourth-order valence-electron chi connectivity index (χ4n) is 3.13. The zero-order chi connectivity index (χ0) is 18.1. The highest BCUT2D eigenvalue weighted by Crippen LogP contribution is 2.40. The van der Waals surface area contributed by atoms with Gasteiger partial charge in [0, 0.05) is 16.0 Å². The van der Waals surface area contributed by atoms with E-state index in [0.717, 1.165) is 33.9 Å². The Morgan fingerprint density at radius 1 is 1.31 bits per heavy atom. The number of carbonyl (C=O) groups excluding carboxylic acids is 1. The van der Waals surface area contributed by atoms with Crippen LogP contribution in [-0.4, -0.2) is 21.6 Å². The second kappa shape index (κ2) is 7.06. The third-order valence-electron chi connectivity index (χ3n) is 4.28. The van der Waals surface area contributed by atoms with E-state index in [-0.39, 0.29) is 11.7 Å². The molecule has 1 aromatic carbocycles. The number of nitrogens with zero attached hydrogens (tertiary/aromatic N) is 3. The van der Waals surface area contributed by atoms with Crippen LogP contribution >= 0.6 is 23.1 Å². The maximum atomic E-state index is 12.3. The number of rotatable bonds is 4. The zero-order valence-electron chi connectivity index (χ0n) is 14.2. The smallest absolute Gasteiger partial charge is 0.234 e. The van der Waals surface area contributed by atoms with Crippen molar-refractivity contribution in [3.05, 3.63) is 46.1 Å². The van der Waals surface area contributed by atoms with Gasteiger partial charge in [0.25, 0.3) is 0 Å². The van der Waals surface area contributed by atoms with Crippen LogP contribution in [-0.2, 0) is 17.6 Å². The summed E-state index contributed by atoms with van der Waals surface area (Å²) in [5.41, 5.74) is 2.64. The molecule has 5 nitrogen and oxygen atoms in total. The molecule has 1 amide bonds. The lowest BCUT2D eigenvalue weighted by atomic mass is 10.2. The minimum atomic E-state index is -0.0870. The number of aryl methyl sites for hydroxylation is 3. The van der Waals surface area contributed by atoms with Crippen LogP contribution in [0.1, 0.15) is 28.2 Å². The van der Waals surface area contributed by atoms with Gasteiger partial charge in [-0.25, -0.2) is 9.97 Å². The van der Waals surface area contributed by atoms with Crippen molar-refractivity contribution in [3.63, 3.8) is 0 Å². The number of benzene rings is 1. The van der Waals surface area contributed by atoms with Crippen molar-refractivity contribution < 1.29 is 4.79 Å². The van der Waals surface area contributed by atoms with Gasteiger partial charge in [-0.15, -0.1) is 11.3 Å². The number of aromatic nitrogens is 2. The average molecular weight is 380 g/mol. The van der Waals surface area contributed by atoms with Gasteiger partial charge in [-0.2, -0.15) is 5.26 Å². The molecule has 0 aliphatic heterocycles. The molecule has 7 heteroatoms. The summed E-state index contributed by atoms with van der Waals surface area (Å²) in [5.74, 6) is 0.944. The van der Waals surface area contributed by atoms with E-state index in [1.807, 2.05) is 6.92 Å². The third kappa shape index (κ3) is 3.30. The Morgan fingerprint density at radius 2 is 2.12 bits per heavy atom. The standard InChI is InChI=1S/C19H16N4OS2/c1-11-21-18(17-14-3-2-4-15(14)26-19(17)22-11)25-10-16(24)23-13-7-5-12(9-20)6-8-13/h5-8H,2-4,10H2,1H3,(H,23,24). The first-order chi connectivity index (χ1) is 12.6. The van der Waals surface area contributed by atoms with Crippen molar-refractivity contribution in [2.45, 2.75) is 31.2 Å². The molecule has 0 saturated carbocycles. The van der Waals surface area contributed by atoms with Crippen LogP contribution in [0, 0.1) is 18.3 Å². The Kier molecular flexibility index (Phi) is 4.62. The average Bonchev–Trinajstić information content (AvgIpc) is 3.21. The minimum Gasteiger partial charge on any atom is -0.325 e. The molecular weight excluding hydrogens is 364 g/mol. The fourth-order valence-corrected chi connectivity index (χ4v) is 5.40. The predicted molar refractivity (Wildman–Crippen MR) is 105 cm³/mol. The number of hydrogen-bond acceptors (Lipinski definition) is 6. The number of thiophene rings is 1. The van der Waals surface area contributed by atoms with Crippen molar-refractivity contribution >= 4 is 44.9 Å². The molecule has 1 N–H and O–H groups in total. The number of amides is 1. The van der Waals surface area contributed by atoms with Gasteiger partial charge in [0.1, 0.15) is 15.7 Å². The Morgan fingerprint density at radius 3 is 2.88 bits per heavy atom. The van der Waals surface area contributed by atoms with Crippen LogP contribution in [0.15, 0.2) is 29.3 Å². The lowest BCUT2D eigenvalue weighted by molar-refractivity contribution is -0.113. The van der Waals surface area contributed by atoms with E-state index >= 15 is 0 Å². The van der Waals surface area contributed by atoms with E-state index in [2.05, 4.69) is 21.4 Å². The molecule has 3 aromatic rings. The van der Waals surface area contributed by atoms with Crippen LogP contribution in [0.3, 0.4) is 0 Å². The van der Waals surface area contributed by atoms with Crippen molar-refractivity contribution in [3.8, 4) is 6.07 Å². The first kappa shape index (κ1) is 17.0. The van der Waals surface area contributed by atoms with Gasteiger partial charge in [-0.05, 0) is 56.0 Å². The molecule has 1 aliphatic rings. The molecule has 4 rings (SSSR count). The first-order valence-electron chi connectivity index (χ1n) is 8.36. The van der Waals surface area contributed by atoms with Crippen molar-refractivity contribution in [2.75, 3.05) is 11.1 Å². The Bertz CT molecular complexity index is 1030. The van der Waals surface area contributed by atoms with E-state index in [0.29, 0.717) is 11.3 Å². The monoisotopic (exact) mass is 380 g/mol. The predicted octanol–water partition coefficient (Wildman–Crippen LogP) is 4.09. The summed E-state index contributed by atoms with van der Waals surface area (Å²) in [6.45, 7) is 1.89. The third-order valence-corrected chi connectivity index (χ3v) is 6.44. The second-order valence-corrected chi connectivity index (χ2v) is 8.19. The number of thioether (sulfide) groups is 1. The van der Waals surface area contributed by atoms with Gasteiger partial charge >= 0.3 is 0 Å². The van der Waals surface area contributed by atoms with Gasteiger partial charge in [-0.3, -0.25) is 4.79 Å². The molecule has 26 heavy (non-hydrogen) atoms. The molecule has 0 unspecified atom stereocenters. The highest BCUT2D eigenvalue weighted by molar-refractivity contribution is 8.00. The summed E-state index contributed by atoms with van der Waals surface area (Å²) in [6, 6.07) is 8.91.